The number of ether oxygens (including phenoxy) is 1. The maximum absolute atomic E-state index is 12.9. The Balaban J connectivity index is 1.25. The van der Waals surface area contributed by atoms with Crippen molar-refractivity contribution in [3.8, 4) is 0 Å². The van der Waals surface area contributed by atoms with Gasteiger partial charge in [0.2, 0.25) is 11.8 Å². The summed E-state index contributed by atoms with van der Waals surface area (Å²) in [5.41, 5.74) is 4.41. The third kappa shape index (κ3) is 4.12. The van der Waals surface area contributed by atoms with Crippen molar-refractivity contribution in [2.75, 3.05) is 20.2 Å². The number of fused-ring (bicyclic) bond motifs is 4. The first-order valence-electron chi connectivity index (χ1n) is 11.3. The molecule has 4 aromatic rings. The van der Waals surface area contributed by atoms with Gasteiger partial charge in [-0.25, -0.2) is 4.79 Å². The van der Waals surface area contributed by atoms with Crippen molar-refractivity contribution in [1.29, 1.82) is 0 Å². The summed E-state index contributed by atoms with van der Waals surface area (Å²) in [4.78, 5) is 42.5. The number of nitrogens with zero attached hydrogens (tertiary/aromatic N) is 1. The van der Waals surface area contributed by atoms with E-state index in [9.17, 15) is 14.4 Å². The second kappa shape index (κ2) is 9.02. The van der Waals surface area contributed by atoms with Crippen LogP contribution in [-0.2, 0) is 33.7 Å². The predicted octanol–water partition coefficient (Wildman–Crippen LogP) is 3.35. The van der Waals surface area contributed by atoms with Crippen molar-refractivity contribution in [3.63, 3.8) is 0 Å². The van der Waals surface area contributed by atoms with Crippen LogP contribution in [0.1, 0.15) is 27.2 Å². The molecule has 2 amide bonds. The highest BCUT2D eigenvalue weighted by molar-refractivity contribution is 5.96. The van der Waals surface area contributed by atoms with Crippen LogP contribution >= 0.6 is 0 Å². The molecule has 0 unspecified atom stereocenters. The monoisotopic (exact) mass is 455 g/mol. The summed E-state index contributed by atoms with van der Waals surface area (Å²) in [6, 6.07) is 19.2. The minimum atomic E-state index is -0.394. The Kier molecular flexibility index (Phi) is 5.76. The summed E-state index contributed by atoms with van der Waals surface area (Å²) in [6.45, 7) is 0.953. The van der Waals surface area contributed by atoms with Gasteiger partial charge in [-0.1, -0.05) is 42.5 Å². The predicted molar refractivity (Wildman–Crippen MR) is 129 cm³/mol. The average Bonchev–Trinajstić information content (AvgIpc) is 3.24. The molecule has 3 aromatic carbocycles. The van der Waals surface area contributed by atoms with Gasteiger partial charge in [-0.15, -0.1) is 0 Å². The Morgan fingerprint density at radius 2 is 1.85 bits per heavy atom. The van der Waals surface area contributed by atoms with Crippen LogP contribution in [0.4, 0.5) is 0 Å². The highest BCUT2D eigenvalue weighted by Gasteiger charge is 2.25. The summed E-state index contributed by atoms with van der Waals surface area (Å²) in [6.07, 6.45) is 0.908. The standard InChI is InChI=1S/C27H25N3O4/c1-34-27(33)19-9-10-23-21(13-19)22-16-30(12-11-24(22)29-23)26(32)15-28-25(31)14-18-7-4-6-17-5-2-3-8-20(17)18/h2-10,13,29H,11-12,14-16H2,1H3,(H,28,31). The van der Waals surface area contributed by atoms with Crippen LogP contribution in [0.3, 0.4) is 0 Å². The molecule has 0 fully saturated rings. The molecule has 0 saturated heterocycles. The molecule has 0 spiro atoms. The van der Waals surface area contributed by atoms with Crippen molar-refractivity contribution in [2.24, 2.45) is 0 Å². The van der Waals surface area contributed by atoms with Crippen molar-refractivity contribution in [2.45, 2.75) is 19.4 Å². The molecule has 1 aliphatic heterocycles. The molecule has 5 rings (SSSR count). The van der Waals surface area contributed by atoms with Crippen molar-refractivity contribution in [3.05, 3.63) is 83.0 Å². The van der Waals surface area contributed by atoms with E-state index in [-0.39, 0.29) is 24.8 Å². The minimum Gasteiger partial charge on any atom is -0.465 e. The Morgan fingerprint density at radius 3 is 2.71 bits per heavy atom. The van der Waals surface area contributed by atoms with Crippen LogP contribution in [0.25, 0.3) is 21.7 Å². The van der Waals surface area contributed by atoms with E-state index in [0.717, 1.165) is 38.5 Å². The number of rotatable bonds is 5. The first-order chi connectivity index (χ1) is 16.5. The molecular formula is C27H25N3O4. The smallest absolute Gasteiger partial charge is 0.337 e. The summed E-state index contributed by atoms with van der Waals surface area (Å²) >= 11 is 0. The number of aromatic nitrogens is 1. The Labute approximate surface area is 196 Å². The van der Waals surface area contributed by atoms with Crippen LogP contribution in [0.15, 0.2) is 60.7 Å². The number of hydrogen-bond donors (Lipinski definition) is 2. The Bertz CT molecular complexity index is 1420. The average molecular weight is 456 g/mol. The molecule has 0 bridgehead atoms. The molecule has 2 N–H and O–H groups in total. The van der Waals surface area contributed by atoms with Crippen LogP contribution in [0.5, 0.6) is 0 Å². The number of aromatic amines is 1. The number of carbonyl (C=O) groups excluding carboxylic acids is 3. The molecule has 0 saturated carbocycles. The highest BCUT2D eigenvalue weighted by atomic mass is 16.5. The minimum absolute atomic E-state index is 0.0469. The third-order valence-electron chi connectivity index (χ3n) is 6.42. The van der Waals surface area contributed by atoms with Gasteiger partial charge < -0.3 is 19.9 Å². The fraction of sp³-hybridized carbons (Fsp3) is 0.222. The Hall–Kier alpha value is -4.13. The van der Waals surface area contributed by atoms with E-state index in [1.165, 1.54) is 7.11 Å². The number of carbonyl (C=O) groups is 3. The topological polar surface area (TPSA) is 91.5 Å². The van der Waals surface area contributed by atoms with Crippen LogP contribution < -0.4 is 5.32 Å². The molecule has 172 valence electrons. The van der Waals surface area contributed by atoms with Gasteiger partial charge in [-0.3, -0.25) is 9.59 Å². The van der Waals surface area contributed by atoms with Gasteiger partial charge in [0.05, 0.1) is 25.6 Å². The lowest BCUT2D eigenvalue weighted by molar-refractivity contribution is -0.133. The van der Waals surface area contributed by atoms with Crippen molar-refractivity contribution < 1.29 is 19.1 Å². The molecule has 1 aromatic heterocycles. The number of benzene rings is 3. The number of amides is 2. The lowest BCUT2D eigenvalue weighted by Crippen LogP contribution is -2.42. The molecule has 7 nitrogen and oxygen atoms in total. The molecule has 1 aliphatic rings. The number of methoxy groups -OCH3 is 1. The van der Waals surface area contributed by atoms with E-state index in [2.05, 4.69) is 10.3 Å². The quantitative estimate of drug-likeness (QED) is 0.452. The number of nitrogens with one attached hydrogen (secondary N) is 2. The number of hydrogen-bond acceptors (Lipinski definition) is 4. The first kappa shape index (κ1) is 21.7. The normalized spacial score (nSPS) is 13.0. The van der Waals surface area contributed by atoms with Crippen molar-refractivity contribution >= 4 is 39.5 Å². The highest BCUT2D eigenvalue weighted by Crippen LogP contribution is 2.29. The molecule has 0 aliphatic carbocycles. The van der Waals surface area contributed by atoms with Gasteiger partial charge in [-0.2, -0.15) is 0 Å². The zero-order valence-corrected chi connectivity index (χ0v) is 18.9. The van der Waals surface area contributed by atoms with Crippen LogP contribution in [0, 0.1) is 0 Å². The maximum atomic E-state index is 12.9. The number of esters is 1. The van der Waals surface area contributed by atoms with E-state index < -0.39 is 5.97 Å². The zero-order chi connectivity index (χ0) is 23.7. The SMILES string of the molecule is COC(=O)c1ccc2[nH]c3c(c2c1)CN(C(=O)CNC(=O)Cc1cccc2ccccc12)CC3. The second-order valence-electron chi connectivity index (χ2n) is 8.49. The summed E-state index contributed by atoms with van der Waals surface area (Å²) < 4.78 is 4.83. The van der Waals surface area contributed by atoms with E-state index in [0.29, 0.717) is 25.1 Å². The van der Waals surface area contributed by atoms with Crippen molar-refractivity contribution in [1.82, 2.24) is 15.2 Å². The van der Waals surface area contributed by atoms with Crippen LogP contribution in [0.2, 0.25) is 0 Å². The molecule has 34 heavy (non-hydrogen) atoms. The molecule has 7 heteroatoms. The van der Waals surface area contributed by atoms with E-state index >= 15 is 0 Å². The van der Waals surface area contributed by atoms with Crippen LogP contribution in [-0.4, -0.2) is 47.9 Å². The van der Waals surface area contributed by atoms with Gasteiger partial charge in [0.25, 0.3) is 0 Å². The van der Waals surface area contributed by atoms with Gasteiger partial charge in [0.1, 0.15) is 0 Å². The van der Waals surface area contributed by atoms with Gasteiger partial charge in [0, 0.05) is 41.7 Å². The molecule has 2 heterocycles. The molecular weight excluding hydrogens is 430 g/mol. The molecule has 0 radical (unpaired) electrons. The van der Waals surface area contributed by atoms with E-state index in [1.807, 2.05) is 48.5 Å². The van der Waals surface area contributed by atoms with E-state index in [1.54, 1.807) is 17.0 Å². The van der Waals surface area contributed by atoms with Gasteiger partial charge in [-0.05, 0) is 34.5 Å². The largest absolute Gasteiger partial charge is 0.465 e. The lowest BCUT2D eigenvalue weighted by atomic mass is 10.0. The lowest BCUT2D eigenvalue weighted by Gasteiger charge is -2.27. The summed E-state index contributed by atoms with van der Waals surface area (Å²) in [5.74, 6) is -0.706. The summed E-state index contributed by atoms with van der Waals surface area (Å²) in [7, 11) is 1.36. The van der Waals surface area contributed by atoms with Gasteiger partial charge in [0.15, 0.2) is 0 Å². The maximum Gasteiger partial charge on any atom is 0.337 e. The third-order valence-corrected chi connectivity index (χ3v) is 6.42. The first-order valence-corrected chi connectivity index (χ1v) is 11.3. The number of H-pyrrole nitrogens is 1. The zero-order valence-electron chi connectivity index (χ0n) is 18.9. The Morgan fingerprint density at radius 1 is 1.03 bits per heavy atom. The fourth-order valence-electron chi connectivity index (χ4n) is 4.64. The molecule has 0 atom stereocenters. The van der Waals surface area contributed by atoms with Gasteiger partial charge >= 0.3 is 5.97 Å². The fourth-order valence-corrected chi connectivity index (χ4v) is 4.64. The summed E-state index contributed by atoms with van der Waals surface area (Å²) in [5, 5.41) is 5.82. The second-order valence-corrected chi connectivity index (χ2v) is 8.49. The van der Waals surface area contributed by atoms with E-state index in [4.69, 9.17) is 4.74 Å².